The minimum atomic E-state index is -4.08. The third-order valence-electron chi connectivity index (χ3n) is 4.96. The van der Waals surface area contributed by atoms with Crippen molar-refractivity contribution in [3.8, 4) is 0 Å². The van der Waals surface area contributed by atoms with E-state index in [1.807, 2.05) is 0 Å². The average molecular weight is 507 g/mol. The van der Waals surface area contributed by atoms with Crippen molar-refractivity contribution < 1.29 is 38.2 Å². The average Bonchev–Trinajstić information content (AvgIpc) is 3.25. The number of methoxy groups -OCH3 is 1. The van der Waals surface area contributed by atoms with Gasteiger partial charge in [0.1, 0.15) is 18.8 Å². The first-order chi connectivity index (χ1) is 15.7. The van der Waals surface area contributed by atoms with Crippen LogP contribution in [0, 0.1) is 0 Å². The highest BCUT2D eigenvalue weighted by Gasteiger charge is 2.60. The lowest BCUT2D eigenvalue weighted by Crippen LogP contribution is -2.40. The number of rotatable bonds is 8. The Morgan fingerprint density at radius 3 is 3.00 bits per heavy atom. The summed E-state index contributed by atoms with van der Waals surface area (Å²) < 4.78 is 22.1. The fourth-order valence-electron chi connectivity index (χ4n) is 3.48. The van der Waals surface area contributed by atoms with Crippen molar-refractivity contribution >= 4 is 43.0 Å². The summed E-state index contributed by atoms with van der Waals surface area (Å²) in [4.78, 5) is 54.6. The molecule has 33 heavy (non-hydrogen) atoms. The van der Waals surface area contributed by atoms with Crippen LogP contribution in [0.5, 0.6) is 0 Å². The SMILES string of the molecule is COCCNC(=O)CCSc1nc2c(=O)[nH]c(N)nc2n1[C@@H]1OC2CO[P+](O)(O)O[C@H]2C1O. The van der Waals surface area contributed by atoms with Crippen molar-refractivity contribution in [3.05, 3.63) is 10.4 Å². The van der Waals surface area contributed by atoms with Crippen LogP contribution >= 0.6 is 19.9 Å². The zero-order chi connectivity index (χ0) is 23.8. The van der Waals surface area contributed by atoms with Crippen LogP contribution in [0.1, 0.15) is 12.6 Å². The fraction of sp³-hybridized carbons (Fsp3) is 0.625. The molecule has 7 N–H and O–H groups in total. The lowest BCUT2D eigenvalue weighted by Gasteiger charge is -2.24. The maximum absolute atomic E-state index is 12.4. The number of anilines is 1. The highest BCUT2D eigenvalue weighted by atomic mass is 32.2. The van der Waals surface area contributed by atoms with Crippen LogP contribution in [0.2, 0.25) is 0 Å². The summed E-state index contributed by atoms with van der Waals surface area (Å²) in [5.41, 5.74) is 5.13. The first kappa shape index (κ1) is 24.3. The molecular weight excluding hydrogens is 483 g/mol. The van der Waals surface area contributed by atoms with Crippen molar-refractivity contribution in [1.82, 2.24) is 24.8 Å². The van der Waals surface area contributed by atoms with E-state index in [4.69, 9.17) is 24.3 Å². The Labute approximate surface area is 191 Å². The molecule has 0 radical (unpaired) electrons. The number of aliphatic hydroxyl groups is 1. The van der Waals surface area contributed by atoms with Crippen molar-refractivity contribution in [2.24, 2.45) is 0 Å². The molecular formula is C16H24N6O9PS+. The number of carbonyl (C=O) groups is 1. The van der Waals surface area contributed by atoms with Gasteiger partial charge in [0.25, 0.3) is 5.56 Å². The molecule has 4 atom stereocenters. The second kappa shape index (κ2) is 9.77. The van der Waals surface area contributed by atoms with Gasteiger partial charge in [-0.3, -0.25) is 19.1 Å². The van der Waals surface area contributed by atoms with Gasteiger partial charge in [-0.15, -0.1) is 4.52 Å². The lowest BCUT2D eigenvalue weighted by atomic mass is 10.1. The van der Waals surface area contributed by atoms with Crippen LogP contribution in [0.3, 0.4) is 0 Å². The molecule has 2 unspecified atom stereocenters. The quantitative estimate of drug-likeness (QED) is 0.133. The smallest absolute Gasteiger partial charge is 0.385 e. The molecule has 15 nitrogen and oxygen atoms in total. The molecule has 2 aliphatic rings. The van der Waals surface area contributed by atoms with E-state index in [0.29, 0.717) is 18.9 Å². The number of ether oxygens (including phenoxy) is 2. The van der Waals surface area contributed by atoms with E-state index in [-0.39, 0.29) is 41.2 Å². The number of imidazole rings is 1. The minimum Gasteiger partial charge on any atom is -0.385 e. The Kier molecular flexibility index (Phi) is 7.18. The van der Waals surface area contributed by atoms with Gasteiger partial charge in [-0.1, -0.05) is 11.8 Å². The van der Waals surface area contributed by atoms with Crippen molar-refractivity contribution in [3.63, 3.8) is 0 Å². The number of carbonyl (C=O) groups excluding carboxylic acids is 1. The second-order valence-electron chi connectivity index (χ2n) is 7.24. The predicted molar refractivity (Wildman–Crippen MR) is 115 cm³/mol. The van der Waals surface area contributed by atoms with E-state index in [1.54, 1.807) is 0 Å². The van der Waals surface area contributed by atoms with E-state index >= 15 is 0 Å². The second-order valence-corrected chi connectivity index (χ2v) is 9.75. The van der Waals surface area contributed by atoms with Crippen molar-refractivity contribution in [2.75, 3.05) is 38.4 Å². The van der Waals surface area contributed by atoms with Crippen LogP contribution in [-0.2, 0) is 23.3 Å². The first-order valence-electron chi connectivity index (χ1n) is 9.87. The molecule has 0 aromatic carbocycles. The summed E-state index contributed by atoms with van der Waals surface area (Å²) in [6, 6.07) is 0. The minimum absolute atomic E-state index is 0.0368. The van der Waals surface area contributed by atoms with E-state index in [0.717, 1.165) is 11.8 Å². The fourth-order valence-corrected chi connectivity index (χ4v) is 5.42. The van der Waals surface area contributed by atoms with Crippen LogP contribution in [0.4, 0.5) is 5.95 Å². The van der Waals surface area contributed by atoms with Gasteiger partial charge in [-0.2, -0.15) is 19.3 Å². The summed E-state index contributed by atoms with van der Waals surface area (Å²) >= 11 is 1.15. The maximum Gasteiger partial charge on any atom is 0.570 e. The summed E-state index contributed by atoms with van der Waals surface area (Å²) in [7, 11) is -2.55. The van der Waals surface area contributed by atoms with E-state index in [2.05, 4.69) is 20.3 Å². The van der Waals surface area contributed by atoms with Gasteiger partial charge >= 0.3 is 8.17 Å². The number of hydrogen-bond acceptors (Lipinski definition) is 13. The molecule has 2 saturated heterocycles. The van der Waals surface area contributed by atoms with Crippen molar-refractivity contribution in [2.45, 2.75) is 36.1 Å². The Hall–Kier alpha value is -1.88. The predicted octanol–water partition coefficient (Wildman–Crippen LogP) is -1.72. The molecule has 182 valence electrons. The molecule has 17 heteroatoms. The Morgan fingerprint density at radius 1 is 1.45 bits per heavy atom. The zero-order valence-electron chi connectivity index (χ0n) is 17.4. The summed E-state index contributed by atoms with van der Waals surface area (Å²) in [5.74, 6) is -0.0579. The molecule has 0 saturated carbocycles. The lowest BCUT2D eigenvalue weighted by molar-refractivity contribution is -0.120. The highest BCUT2D eigenvalue weighted by Crippen LogP contribution is 2.59. The third-order valence-corrected chi connectivity index (χ3v) is 6.91. The summed E-state index contributed by atoms with van der Waals surface area (Å²) in [5, 5.41) is 13.8. The number of nitrogens with two attached hydrogens (primary N) is 1. The third kappa shape index (κ3) is 5.13. The largest absolute Gasteiger partial charge is 0.570 e. The normalized spacial score (nSPS) is 26.4. The first-order valence-corrected chi connectivity index (χ1v) is 12.4. The van der Waals surface area contributed by atoms with Crippen LogP contribution in [-0.4, -0.2) is 91.3 Å². The summed E-state index contributed by atoms with van der Waals surface area (Å²) in [6.45, 7) is 0.552. The monoisotopic (exact) mass is 507 g/mol. The highest BCUT2D eigenvalue weighted by molar-refractivity contribution is 7.99. The molecule has 2 fully saturated rings. The van der Waals surface area contributed by atoms with Gasteiger partial charge in [-0.25, -0.2) is 4.98 Å². The number of aromatic amines is 1. The number of H-pyrrole nitrogens is 1. The van der Waals surface area contributed by atoms with E-state index < -0.39 is 38.3 Å². The number of fused-ring (bicyclic) bond motifs is 2. The standard InChI is InChI=1S/C16H23N6O9PS/c1-28-4-3-18-8(23)2-5-33-16-19-9-12(20-15(17)21-13(9)25)22(16)14-10(24)11-7(30-14)6-29-32(26,27)31-11/h7,10-11,14,24,26-27H,2-6H2,1H3,(H3-,17,18,20,21,23,25)/p+1/t7?,10?,11-,14-/m1/s1. The molecule has 4 heterocycles. The number of hydrogen-bond donors (Lipinski definition) is 6. The van der Waals surface area contributed by atoms with Crippen molar-refractivity contribution in [1.29, 1.82) is 0 Å². The number of thioether (sulfide) groups is 1. The molecule has 4 rings (SSSR count). The molecule has 2 aromatic heterocycles. The molecule has 1 amide bonds. The molecule has 2 aromatic rings. The van der Waals surface area contributed by atoms with E-state index in [1.165, 1.54) is 11.7 Å². The number of nitrogens with zero attached hydrogens (tertiary/aromatic N) is 3. The molecule has 0 aliphatic carbocycles. The van der Waals surface area contributed by atoms with Crippen LogP contribution < -0.4 is 16.6 Å². The summed E-state index contributed by atoms with van der Waals surface area (Å²) in [6.07, 6.45) is -4.25. The number of amides is 1. The van der Waals surface area contributed by atoms with Gasteiger partial charge in [0, 0.05) is 25.8 Å². The Bertz CT molecular complexity index is 1080. The zero-order valence-corrected chi connectivity index (χ0v) is 19.1. The van der Waals surface area contributed by atoms with Gasteiger partial charge in [0.05, 0.1) is 6.61 Å². The van der Waals surface area contributed by atoms with Gasteiger partial charge in [0.15, 0.2) is 28.7 Å². The number of aromatic nitrogens is 4. The number of nitrogens with one attached hydrogen (secondary N) is 2. The number of aliphatic hydroxyl groups excluding tert-OH is 1. The van der Waals surface area contributed by atoms with Crippen LogP contribution in [0.25, 0.3) is 11.2 Å². The topological polar surface area (TPSA) is 216 Å². The number of nitrogen functional groups attached to an aromatic ring is 1. The van der Waals surface area contributed by atoms with Gasteiger partial charge in [0.2, 0.25) is 11.9 Å². The molecule has 0 bridgehead atoms. The van der Waals surface area contributed by atoms with Gasteiger partial charge in [-0.05, 0) is 0 Å². The molecule has 2 aliphatic heterocycles. The van der Waals surface area contributed by atoms with E-state index in [9.17, 15) is 24.5 Å². The molecule has 0 spiro atoms. The Morgan fingerprint density at radius 2 is 2.24 bits per heavy atom. The Balaban J connectivity index is 1.60. The van der Waals surface area contributed by atoms with Gasteiger partial charge < -0.3 is 25.6 Å². The maximum atomic E-state index is 12.4. The van der Waals surface area contributed by atoms with Crippen LogP contribution in [0.15, 0.2) is 9.95 Å².